The van der Waals surface area contributed by atoms with E-state index >= 15 is 0 Å². The Hall–Kier alpha value is -0.130. The van der Waals surface area contributed by atoms with E-state index in [1.54, 1.807) is 0 Å². The molecule has 62 valence electrons. The number of hydrogen-bond donors (Lipinski definition) is 1. The summed E-state index contributed by atoms with van der Waals surface area (Å²) < 4.78 is 6.19. The van der Waals surface area contributed by atoms with Crippen molar-refractivity contribution >= 4 is 59.3 Å². The Morgan fingerprint density at radius 3 is 2.83 bits per heavy atom. The molecule has 0 amide bonds. The summed E-state index contributed by atoms with van der Waals surface area (Å²) in [5.74, 6) is 0. The molecule has 2 aromatic rings. The van der Waals surface area contributed by atoms with Gasteiger partial charge in [0.15, 0.2) is 0 Å². The lowest BCUT2D eigenvalue weighted by Gasteiger charge is -1.95. The molecule has 2 N–H and O–H groups in total. The zero-order valence-electron chi connectivity index (χ0n) is 5.84. The summed E-state index contributed by atoms with van der Waals surface area (Å²) in [6.07, 6.45) is 0. The first kappa shape index (κ1) is 8.47. The van der Waals surface area contributed by atoms with E-state index in [0.717, 1.165) is 24.8 Å². The summed E-state index contributed by atoms with van der Waals surface area (Å²) in [6, 6.07) is 3.92. The number of benzene rings is 1. The molecule has 12 heavy (non-hydrogen) atoms. The number of nitrogens with zero attached hydrogens (tertiary/aromatic N) is 1. The number of hydrogen-bond acceptors (Lipinski definition) is 3. The van der Waals surface area contributed by atoms with E-state index in [4.69, 9.17) is 5.73 Å². The summed E-state index contributed by atoms with van der Waals surface area (Å²) in [5, 5.41) is 1.76. The van der Waals surface area contributed by atoms with Gasteiger partial charge in [0, 0.05) is 8.95 Å². The zero-order valence-corrected chi connectivity index (χ0v) is 9.83. The highest BCUT2D eigenvalue weighted by atomic mass is 79.9. The van der Waals surface area contributed by atoms with Crippen molar-refractivity contribution in [1.29, 1.82) is 0 Å². The molecule has 2 rings (SSSR count). The van der Waals surface area contributed by atoms with Crippen LogP contribution in [0.15, 0.2) is 21.1 Å². The first-order valence-electron chi connectivity index (χ1n) is 3.18. The Labute approximate surface area is 90.2 Å². The minimum atomic E-state index is 0.754. The van der Waals surface area contributed by atoms with Gasteiger partial charge in [-0.15, -0.1) is 0 Å². The first-order chi connectivity index (χ1) is 5.68. The lowest BCUT2D eigenvalue weighted by molar-refractivity contribution is 1.62. The molecular formula is C7H4Br2N2S. The molecule has 0 saturated heterocycles. The third-order valence-electron chi connectivity index (χ3n) is 1.52. The third-order valence-corrected chi connectivity index (χ3v) is 3.29. The number of fused-ring (bicyclic) bond motifs is 1. The maximum absolute atomic E-state index is 5.74. The number of aromatic nitrogens is 1. The van der Waals surface area contributed by atoms with Crippen molar-refractivity contribution in [2.45, 2.75) is 0 Å². The lowest BCUT2D eigenvalue weighted by Crippen LogP contribution is -1.79. The molecule has 0 spiro atoms. The molecule has 0 atom stereocenters. The molecule has 0 unspecified atom stereocenters. The zero-order chi connectivity index (χ0) is 8.72. The molecule has 1 heterocycles. The molecule has 0 fully saturated rings. The average Bonchev–Trinajstić information content (AvgIpc) is 2.31. The Morgan fingerprint density at radius 2 is 2.08 bits per heavy atom. The maximum Gasteiger partial charge on any atom is 0.115 e. The fourth-order valence-electron chi connectivity index (χ4n) is 1.02. The molecule has 0 bridgehead atoms. The minimum Gasteiger partial charge on any atom is -0.389 e. The fourth-order valence-corrected chi connectivity index (χ4v) is 3.21. The van der Waals surface area contributed by atoms with E-state index < -0.39 is 0 Å². The molecule has 0 radical (unpaired) electrons. The van der Waals surface area contributed by atoms with Crippen LogP contribution in [0.2, 0.25) is 0 Å². The second-order valence-electron chi connectivity index (χ2n) is 2.33. The van der Waals surface area contributed by atoms with Gasteiger partial charge < -0.3 is 5.73 Å². The van der Waals surface area contributed by atoms with Gasteiger partial charge in [0.25, 0.3) is 0 Å². The van der Waals surface area contributed by atoms with Crippen LogP contribution < -0.4 is 5.73 Å². The van der Waals surface area contributed by atoms with Crippen molar-refractivity contribution in [3.63, 3.8) is 0 Å². The molecule has 1 aromatic heterocycles. The normalized spacial score (nSPS) is 10.8. The summed E-state index contributed by atoms with van der Waals surface area (Å²) in [7, 11) is 0. The molecule has 2 nitrogen and oxygen atoms in total. The number of nitrogen functional groups attached to an aromatic ring is 1. The lowest BCUT2D eigenvalue weighted by atomic mass is 10.2. The smallest absolute Gasteiger partial charge is 0.115 e. The van der Waals surface area contributed by atoms with E-state index in [0.29, 0.717) is 0 Å². The van der Waals surface area contributed by atoms with Crippen LogP contribution in [0.25, 0.3) is 10.9 Å². The second kappa shape index (κ2) is 2.97. The van der Waals surface area contributed by atoms with Crippen molar-refractivity contribution in [3.05, 3.63) is 21.1 Å². The topological polar surface area (TPSA) is 38.9 Å². The number of nitrogens with two attached hydrogens (primary N) is 1. The van der Waals surface area contributed by atoms with Crippen LogP contribution in [0.5, 0.6) is 0 Å². The SMILES string of the molecule is Nc1snc2cc(Br)cc(Br)c12. The maximum atomic E-state index is 5.74. The highest BCUT2D eigenvalue weighted by Crippen LogP contribution is 2.34. The summed E-state index contributed by atoms with van der Waals surface area (Å²) in [5.41, 5.74) is 6.67. The van der Waals surface area contributed by atoms with E-state index in [-0.39, 0.29) is 0 Å². The summed E-state index contributed by atoms with van der Waals surface area (Å²) >= 11 is 8.14. The van der Waals surface area contributed by atoms with Gasteiger partial charge in [-0.3, -0.25) is 0 Å². The molecular weight excluding hydrogens is 304 g/mol. The van der Waals surface area contributed by atoms with Crippen LogP contribution in [0.1, 0.15) is 0 Å². The van der Waals surface area contributed by atoms with Crippen LogP contribution in [-0.2, 0) is 0 Å². The van der Waals surface area contributed by atoms with Crippen LogP contribution in [0, 0.1) is 0 Å². The molecule has 5 heteroatoms. The monoisotopic (exact) mass is 306 g/mol. The van der Waals surface area contributed by atoms with Gasteiger partial charge >= 0.3 is 0 Å². The van der Waals surface area contributed by atoms with E-state index in [1.807, 2.05) is 12.1 Å². The van der Waals surface area contributed by atoms with Gasteiger partial charge in [0.1, 0.15) is 5.00 Å². The van der Waals surface area contributed by atoms with Crippen LogP contribution in [0.4, 0.5) is 5.00 Å². The molecule has 1 aromatic carbocycles. The second-order valence-corrected chi connectivity index (χ2v) is 4.90. The van der Waals surface area contributed by atoms with Gasteiger partial charge in [-0.2, -0.15) is 4.37 Å². The predicted octanol–water partition coefficient (Wildman–Crippen LogP) is 3.40. The molecule has 0 saturated carbocycles. The van der Waals surface area contributed by atoms with Crippen molar-refractivity contribution in [2.24, 2.45) is 0 Å². The fraction of sp³-hybridized carbons (Fsp3) is 0. The standard InChI is InChI=1S/C7H4Br2N2S/c8-3-1-4(9)6-5(2-3)11-12-7(6)10/h1-2H,10H2. The third kappa shape index (κ3) is 1.26. The number of rotatable bonds is 0. The van der Waals surface area contributed by atoms with Crippen LogP contribution in [0.3, 0.4) is 0 Å². The van der Waals surface area contributed by atoms with Crippen molar-refractivity contribution in [1.82, 2.24) is 4.37 Å². The summed E-state index contributed by atoms with van der Waals surface area (Å²) in [4.78, 5) is 0. The quantitative estimate of drug-likeness (QED) is 0.810. The highest BCUT2D eigenvalue weighted by molar-refractivity contribution is 9.11. The average molecular weight is 308 g/mol. The number of halogens is 2. The number of anilines is 1. The Bertz CT molecular complexity index is 438. The van der Waals surface area contributed by atoms with E-state index in [1.165, 1.54) is 11.5 Å². The van der Waals surface area contributed by atoms with E-state index in [9.17, 15) is 0 Å². The van der Waals surface area contributed by atoms with Gasteiger partial charge in [-0.05, 0) is 39.6 Å². The van der Waals surface area contributed by atoms with Crippen molar-refractivity contribution in [3.8, 4) is 0 Å². The molecule has 0 aliphatic carbocycles. The highest BCUT2D eigenvalue weighted by Gasteiger charge is 2.07. The Kier molecular flexibility index (Phi) is 2.10. The van der Waals surface area contributed by atoms with Gasteiger partial charge in [0.05, 0.1) is 10.9 Å². The van der Waals surface area contributed by atoms with Gasteiger partial charge in [-0.1, -0.05) is 15.9 Å². The largest absolute Gasteiger partial charge is 0.389 e. The molecule has 0 aliphatic heterocycles. The van der Waals surface area contributed by atoms with Crippen LogP contribution in [-0.4, -0.2) is 4.37 Å². The Morgan fingerprint density at radius 1 is 1.33 bits per heavy atom. The van der Waals surface area contributed by atoms with Crippen molar-refractivity contribution < 1.29 is 0 Å². The predicted molar refractivity (Wildman–Crippen MR) is 59.4 cm³/mol. The molecule has 0 aliphatic rings. The van der Waals surface area contributed by atoms with E-state index in [2.05, 4.69) is 36.2 Å². The van der Waals surface area contributed by atoms with Crippen LogP contribution >= 0.6 is 43.4 Å². The first-order valence-corrected chi connectivity index (χ1v) is 5.54. The minimum absolute atomic E-state index is 0.754. The van der Waals surface area contributed by atoms with Gasteiger partial charge in [-0.25, -0.2) is 0 Å². The summed E-state index contributed by atoms with van der Waals surface area (Å²) in [6.45, 7) is 0. The Balaban J connectivity index is 2.93. The van der Waals surface area contributed by atoms with Gasteiger partial charge in [0.2, 0.25) is 0 Å². The van der Waals surface area contributed by atoms with Crippen molar-refractivity contribution in [2.75, 3.05) is 5.73 Å².